The van der Waals surface area contributed by atoms with Gasteiger partial charge in [-0.15, -0.1) is 0 Å². The van der Waals surface area contributed by atoms with Crippen molar-refractivity contribution in [1.29, 1.82) is 0 Å². The monoisotopic (exact) mass is 534 g/mol. The number of carbonyl (C=O) groups excluding carboxylic acids is 2. The highest BCUT2D eigenvalue weighted by atomic mass is 19.4. The van der Waals surface area contributed by atoms with Crippen LogP contribution in [0.5, 0.6) is 0 Å². The third kappa shape index (κ3) is 8.11. The standard InChI is InChI=1S/C28H37F3N4O3/c1-27(2,3)38-26(37)35-14-13-23-20(10-8-11-21(23)18-35)17-32-25(36)34(16-15-33(4)5)19-22-9-6-7-12-24(22)28(29,30)31/h6-12H,13-19H2,1-5H3,(H,32,36). The van der Waals surface area contributed by atoms with Gasteiger partial charge >= 0.3 is 18.3 Å². The number of alkyl halides is 3. The minimum atomic E-state index is -4.50. The molecule has 0 atom stereocenters. The van der Waals surface area contributed by atoms with Crippen LogP contribution in [0.15, 0.2) is 42.5 Å². The van der Waals surface area contributed by atoms with E-state index in [0.29, 0.717) is 26.1 Å². The van der Waals surface area contributed by atoms with E-state index in [2.05, 4.69) is 5.32 Å². The maximum atomic E-state index is 13.5. The van der Waals surface area contributed by atoms with E-state index in [4.69, 9.17) is 4.74 Å². The summed E-state index contributed by atoms with van der Waals surface area (Å²) >= 11 is 0. The van der Waals surface area contributed by atoms with Crippen molar-refractivity contribution in [2.24, 2.45) is 0 Å². The lowest BCUT2D eigenvalue weighted by molar-refractivity contribution is -0.138. The number of ether oxygens (including phenoxy) is 1. The van der Waals surface area contributed by atoms with Crippen molar-refractivity contribution >= 4 is 12.1 Å². The third-order valence-corrected chi connectivity index (χ3v) is 6.23. The van der Waals surface area contributed by atoms with Crippen molar-refractivity contribution in [2.75, 3.05) is 33.7 Å². The van der Waals surface area contributed by atoms with Gasteiger partial charge in [-0.3, -0.25) is 0 Å². The van der Waals surface area contributed by atoms with Crippen LogP contribution in [0, 0.1) is 0 Å². The number of hydrogen-bond donors (Lipinski definition) is 1. The molecule has 0 radical (unpaired) electrons. The lowest BCUT2D eigenvalue weighted by Gasteiger charge is -2.32. The molecule has 0 spiro atoms. The molecule has 2 aromatic rings. The molecule has 0 unspecified atom stereocenters. The molecule has 0 aliphatic carbocycles. The van der Waals surface area contributed by atoms with Gasteiger partial charge in [0.05, 0.1) is 5.56 Å². The fraction of sp³-hybridized carbons (Fsp3) is 0.500. The van der Waals surface area contributed by atoms with Crippen LogP contribution in [0.4, 0.5) is 22.8 Å². The molecule has 0 bridgehead atoms. The first-order valence-corrected chi connectivity index (χ1v) is 12.6. The van der Waals surface area contributed by atoms with Crippen molar-refractivity contribution in [2.45, 2.75) is 58.6 Å². The van der Waals surface area contributed by atoms with Gasteiger partial charge in [-0.1, -0.05) is 36.4 Å². The molecule has 1 aliphatic heterocycles. The molecule has 1 heterocycles. The molecule has 208 valence electrons. The van der Waals surface area contributed by atoms with E-state index in [-0.39, 0.29) is 31.3 Å². The van der Waals surface area contributed by atoms with Gasteiger partial charge in [0, 0.05) is 39.3 Å². The molecule has 1 N–H and O–H groups in total. The van der Waals surface area contributed by atoms with Gasteiger partial charge in [0.25, 0.3) is 0 Å². The molecular formula is C28H37F3N4O3. The Hall–Kier alpha value is -3.27. The van der Waals surface area contributed by atoms with Gasteiger partial charge in [0.2, 0.25) is 0 Å². The van der Waals surface area contributed by atoms with E-state index < -0.39 is 23.4 Å². The molecule has 38 heavy (non-hydrogen) atoms. The maximum Gasteiger partial charge on any atom is 0.416 e. The van der Waals surface area contributed by atoms with Crippen LogP contribution < -0.4 is 5.32 Å². The highest BCUT2D eigenvalue weighted by molar-refractivity contribution is 5.74. The number of halogens is 3. The first kappa shape index (κ1) is 29.3. The van der Waals surface area contributed by atoms with Gasteiger partial charge < -0.3 is 24.8 Å². The van der Waals surface area contributed by atoms with Gasteiger partial charge in [0.15, 0.2) is 0 Å². The normalized spacial score (nSPS) is 13.8. The molecule has 2 aromatic carbocycles. The first-order valence-electron chi connectivity index (χ1n) is 12.6. The highest BCUT2D eigenvalue weighted by Gasteiger charge is 2.33. The summed E-state index contributed by atoms with van der Waals surface area (Å²) in [4.78, 5) is 30.6. The van der Waals surface area contributed by atoms with Crippen LogP contribution in [-0.2, 0) is 37.0 Å². The highest BCUT2D eigenvalue weighted by Crippen LogP contribution is 2.32. The van der Waals surface area contributed by atoms with Crippen LogP contribution in [-0.4, -0.2) is 66.2 Å². The second-order valence-electron chi connectivity index (χ2n) is 10.7. The van der Waals surface area contributed by atoms with Crippen molar-refractivity contribution in [3.63, 3.8) is 0 Å². The molecule has 3 rings (SSSR count). The van der Waals surface area contributed by atoms with Crippen LogP contribution in [0.1, 0.15) is 48.6 Å². The van der Waals surface area contributed by atoms with Crippen LogP contribution >= 0.6 is 0 Å². The third-order valence-electron chi connectivity index (χ3n) is 6.23. The Morgan fingerprint density at radius 1 is 1.00 bits per heavy atom. The van der Waals surface area contributed by atoms with Crippen LogP contribution in [0.3, 0.4) is 0 Å². The Labute approximate surface area is 222 Å². The van der Waals surface area contributed by atoms with E-state index >= 15 is 0 Å². The lowest BCUT2D eigenvalue weighted by atomic mass is 9.94. The fourth-order valence-corrected chi connectivity index (χ4v) is 4.33. The molecule has 0 fully saturated rings. The summed E-state index contributed by atoms with van der Waals surface area (Å²) in [5.41, 5.74) is 1.69. The summed E-state index contributed by atoms with van der Waals surface area (Å²) in [6, 6.07) is 10.6. The summed E-state index contributed by atoms with van der Waals surface area (Å²) in [5.74, 6) is 0. The van der Waals surface area contributed by atoms with Crippen molar-refractivity contribution < 1.29 is 27.5 Å². The van der Waals surface area contributed by atoms with Crippen molar-refractivity contribution in [3.8, 4) is 0 Å². The molecular weight excluding hydrogens is 497 g/mol. The number of hydrogen-bond acceptors (Lipinski definition) is 4. The topological polar surface area (TPSA) is 65.1 Å². The molecule has 10 heteroatoms. The zero-order valence-electron chi connectivity index (χ0n) is 22.7. The number of amides is 3. The van der Waals surface area contributed by atoms with E-state index in [0.717, 1.165) is 22.8 Å². The number of nitrogens with zero attached hydrogens (tertiary/aromatic N) is 3. The van der Waals surface area contributed by atoms with Crippen molar-refractivity contribution in [1.82, 2.24) is 20.0 Å². The molecule has 0 saturated carbocycles. The zero-order chi connectivity index (χ0) is 28.1. The minimum Gasteiger partial charge on any atom is -0.444 e. The summed E-state index contributed by atoms with van der Waals surface area (Å²) < 4.78 is 46.1. The molecule has 0 aromatic heterocycles. The predicted octanol–water partition coefficient (Wildman–Crippen LogP) is 5.27. The first-order chi connectivity index (χ1) is 17.7. The molecule has 1 aliphatic rings. The predicted molar refractivity (Wildman–Crippen MR) is 139 cm³/mol. The number of likely N-dealkylation sites (N-methyl/N-ethyl adjacent to an activating group) is 1. The number of carbonyl (C=O) groups is 2. The van der Waals surface area contributed by atoms with E-state index in [9.17, 15) is 22.8 Å². The van der Waals surface area contributed by atoms with E-state index in [1.54, 1.807) is 11.0 Å². The zero-order valence-corrected chi connectivity index (χ0v) is 22.7. The summed E-state index contributed by atoms with van der Waals surface area (Å²) in [6.45, 7) is 7.23. The van der Waals surface area contributed by atoms with Crippen molar-refractivity contribution in [3.05, 3.63) is 70.3 Å². The number of benzene rings is 2. The summed E-state index contributed by atoms with van der Waals surface area (Å²) in [5, 5.41) is 2.90. The number of fused-ring (bicyclic) bond motifs is 1. The smallest absolute Gasteiger partial charge is 0.416 e. The Morgan fingerprint density at radius 2 is 1.68 bits per heavy atom. The Morgan fingerprint density at radius 3 is 2.34 bits per heavy atom. The quantitative estimate of drug-likeness (QED) is 0.526. The fourth-order valence-electron chi connectivity index (χ4n) is 4.33. The van der Waals surface area contributed by atoms with Crippen LogP contribution in [0.25, 0.3) is 0 Å². The second-order valence-corrected chi connectivity index (χ2v) is 10.7. The average molecular weight is 535 g/mol. The molecule has 3 amide bonds. The summed E-state index contributed by atoms with van der Waals surface area (Å²) in [7, 11) is 3.69. The van der Waals surface area contributed by atoms with Gasteiger partial charge in [-0.05, 0) is 69.6 Å². The van der Waals surface area contributed by atoms with Gasteiger partial charge in [-0.2, -0.15) is 13.2 Å². The largest absolute Gasteiger partial charge is 0.444 e. The SMILES string of the molecule is CN(C)CCN(Cc1ccccc1C(F)(F)F)C(=O)NCc1cccc2c1CCN(C(=O)OC(C)(C)C)C2. The average Bonchev–Trinajstić information content (AvgIpc) is 2.83. The number of nitrogens with one attached hydrogen (secondary N) is 1. The maximum absolute atomic E-state index is 13.5. The number of rotatable bonds is 7. The van der Waals surface area contributed by atoms with E-state index in [1.807, 2.05) is 58.0 Å². The molecule has 7 nitrogen and oxygen atoms in total. The minimum absolute atomic E-state index is 0.0493. The Balaban J connectivity index is 1.71. The van der Waals surface area contributed by atoms with Gasteiger partial charge in [-0.25, -0.2) is 9.59 Å². The summed E-state index contributed by atoms with van der Waals surface area (Å²) in [6.07, 6.45) is -4.25. The Kier molecular flexibility index (Phi) is 9.30. The van der Waals surface area contributed by atoms with Gasteiger partial charge in [0.1, 0.15) is 5.60 Å². The number of urea groups is 1. The second kappa shape index (κ2) is 12.1. The van der Waals surface area contributed by atoms with Crippen LogP contribution in [0.2, 0.25) is 0 Å². The van der Waals surface area contributed by atoms with E-state index in [1.165, 1.54) is 17.0 Å². The Bertz CT molecular complexity index is 1130. The molecule has 0 saturated heterocycles. The lowest BCUT2D eigenvalue weighted by Crippen LogP contribution is -2.43.